The maximum atomic E-state index is 14.7. The molecular weight excluding hydrogens is 583 g/mol. The molecule has 2 aliphatic rings. The Morgan fingerprint density at radius 2 is 1.50 bits per heavy atom. The van der Waals surface area contributed by atoms with Crippen LogP contribution in [0.25, 0.3) is 0 Å². The van der Waals surface area contributed by atoms with Crippen molar-refractivity contribution in [2.45, 2.75) is 24.8 Å². The molecule has 9 heteroatoms. The molecule has 4 aromatic rings. The zero-order chi connectivity index (χ0) is 31.0. The van der Waals surface area contributed by atoms with Crippen molar-refractivity contribution in [2.24, 2.45) is 0 Å². The lowest BCUT2D eigenvalue weighted by molar-refractivity contribution is -0.116. The number of hydrogen-bond acceptors (Lipinski definition) is 6. The first-order valence-corrected chi connectivity index (χ1v) is 14.5. The number of fused-ring (bicyclic) bond motifs is 1. The van der Waals surface area contributed by atoms with E-state index in [-0.39, 0.29) is 23.7 Å². The number of anilines is 2. The van der Waals surface area contributed by atoms with Crippen molar-refractivity contribution >= 4 is 34.7 Å². The number of nitrogens with one attached hydrogen (secondary N) is 1. The van der Waals surface area contributed by atoms with Crippen molar-refractivity contribution in [1.82, 2.24) is 0 Å². The van der Waals surface area contributed by atoms with Crippen LogP contribution in [0.5, 0.6) is 17.2 Å². The monoisotopic (exact) mass is 612 g/mol. The highest BCUT2D eigenvalue weighted by molar-refractivity contribution is 6.30. The minimum absolute atomic E-state index is 0.0931. The zero-order valence-corrected chi connectivity index (χ0v) is 25.2. The van der Waals surface area contributed by atoms with E-state index in [1.165, 1.54) is 33.5 Å². The summed E-state index contributed by atoms with van der Waals surface area (Å²) in [5, 5.41) is 4.13. The Hall–Kier alpha value is -4.82. The quantitative estimate of drug-likeness (QED) is 0.240. The van der Waals surface area contributed by atoms with E-state index in [4.69, 9.17) is 25.8 Å². The summed E-state index contributed by atoms with van der Waals surface area (Å²) >= 11 is 6.14. The molecule has 224 valence electrons. The van der Waals surface area contributed by atoms with Crippen LogP contribution in [0.1, 0.15) is 46.3 Å². The molecule has 0 bridgehead atoms. The molecule has 0 aromatic heterocycles. The summed E-state index contributed by atoms with van der Waals surface area (Å²) < 4.78 is 30.7. The first-order valence-electron chi connectivity index (χ1n) is 14.1. The van der Waals surface area contributed by atoms with Crippen LogP contribution in [0.3, 0.4) is 0 Å². The normalized spacial score (nSPS) is 17.7. The number of para-hydroxylation sites is 2. The van der Waals surface area contributed by atoms with E-state index in [1.54, 1.807) is 29.2 Å². The van der Waals surface area contributed by atoms with Crippen LogP contribution in [0, 0.1) is 5.82 Å². The maximum absolute atomic E-state index is 14.7. The molecule has 0 spiro atoms. The highest BCUT2D eigenvalue weighted by atomic mass is 35.5. The van der Waals surface area contributed by atoms with Crippen LogP contribution in [0.15, 0.2) is 96.2 Å². The van der Waals surface area contributed by atoms with Gasteiger partial charge in [-0.2, -0.15) is 0 Å². The van der Waals surface area contributed by atoms with Gasteiger partial charge in [-0.1, -0.05) is 48.0 Å². The van der Waals surface area contributed by atoms with Gasteiger partial charge >= 0.3 is 0 Å². The maximum Gasteiger partial charge on any atom is 0.259 e. The van der Waals surface area contributed by atoms with Gasteiger partial charge in [0.25, 0.3) is 5.91 Å². The van der Waals surface area contributed by atoms with Gasteiger partial charge in [0.15, 0.2) is 17.3 Å². The lowest BCUT2D eigenvalue weighted by Gasteiger charge is -2.35. The van der Waals surface area contributed by atoms with Gasteiger partial charge in [-0.15, -0.1) is 0 Å². The van der Waals surface area contributed by atoms with E-state index in [2.05, 4.69) is 5.32 Å². The number of carbonyl (C=O) groups is 2. The highest BCUT2D eigenvalue weighted by Crippen LogP contribution is 2.48. The Bertz CT molecular complexity index is 1750. The van der Waals surface area contributed by atoms with Gasteiger partial charge in [-0.05, 0) is 72.0 Å². The van der Waals surface area contributed by atoms with Crippen LogP contribution in [0.4, 0.5) is 15.8 Å². The predicted octanol–water partition coefficient (Wildman–Crippen LogP) is 7.72. The van der Waals surface area contributed by atoms with Crippen molar-refractivity contribution in [2.75, 3.05) is 31.5 Å². The number of nitrogens with zero attached hydrogens (tertiary/aromatic N) is 1. The second kappa shape index (κ2) is 12.1. The average Bonchev–Trinajstić information content (AvgIpc) is 3.19. The molecule has 0 fully saturated rings. The Kier molecular flexibility index (Phi) is 8.01. The molecule has 1 heterocycles. The largest absolute Gasteiger partial charge is 0.493 e. The molecule has 0 saturated carbocycles. The molecule has 1 aliphatic carbocycles. The molecule has 0 unspecified atom stereocenters. The minimum atomic E-state index is -0.855. The average molecular weight is 613 g/mol. The number of halogens is 2. The third-order valence-corrected chi connectivity index (χ3v) is 8.40. The van der Waals surface area contributed by atoms with E-state index in [0.717, 1.165) is 5.56 Å². The fraction of sp³-hybridized carbons (Fsp3) is 0.200. The summed E-state index contributed by atoms with van der Waals surface area (Å²) in [7, 11) is 4.45. The number of carbonyl (C=O) groups excluding carboxylic acids is 2. The predicted molar refractivity (Wildman–Crippen MR) is 168 cm³/mol. The van der Waals surface area contributed by atoms with Gasteiger partial charge in [0.1, 0.15) is 5.82 Å². The van der Waals surface area contributed by atoms with Crippen LogP contribution < -0.4 is 24.4 Å². The number of hydrogen-bond donors (Lipinski definition) is 1. The standard InChI is InChI=1S/C35H30ClFN2O5/c1-42-30-18-23(19-31(43-2)34(30)44-3)35(41)39-28-7-5-4-6-26(28)38-27-16-22(20-8-12-24(36)13-9-20)17-29(40)32(27)33(39)21-10-14-25(37)15-11-21/h4-15,18-19,22,33,38H,16-17H2,1-3H3/t22-,33-/m0/s1. The van der Waals surface area contributed by atoms with Crippen molar-refractivity contribution in [1.29, 1.82) is 0 Å². The molecule has 1 N–H and O–H groups in total. The highest BCUT2D eigenvalue weighted by Gasteiger charge is 2.42. The summed E-state index contributed by atoms with van der Waals surface area (Å²) in [5.41, 5.74) is 4.24. The fourth-order valence-electron chi connectivity index (χ4n) is 6.09. The topological polar surface area (TPSA) is 77.1 Å². The van der Waals surface area contributed by atoms with Crippen LogP contribution in [-0.4, -0.2) is 33.0 Å². The SMILES string of the molecule is COc1cc(C(=O)N2c3ccccc3NC3=C(C(=O)C[C@@H](c4ccc(Cl)cc4)C3)[C@@H]2c2ccc(F)cc2)cc(OC)c1OC. The number of Topliss-reactive ketones (excluding diaryl/α,β-unsaturated/α-hetero) is 1. The van der Waals surface area contributed by atoms with Crippen molar-refractivity contribution in [3.05, 3.63) is 124 Å². The number of benzene rings is 4. The molecule has 4 aromatic carbocycles. The lowest BCUT2D eigenvalue weighted by Crippen LogP contribution is -2.38. The number of amides is 1. The molecule has 0 radical (unpaired) electrons. The second-order valence-electron chi connectivity index (χ2n) is 10.7. The summed E-state index contributed by atoms with van der Waals surface area (Å²) in [6.07, 6.45) is 0.767. The van der Waals surface area contributed by atoms with Gasteiger partial charge in [0.05, 0.1) is 38.7 Å². The zero-order valence-electron chi connectivity index (χ0n) is 24.4. The number of ether oxygens (including phenoxy) is 3. The smallest absolute Gasteiger partial charge is 0.259 e. The van der Waals surface area contributed by atoms with Gasteiger partial charge in [0.2, 0.25) is 5.75 Å². The van der Waals surface area contributed by atoms with Crippen molar-refractivity contribution < 1.29 is 28.2 Å². The first kappa shape index (κ1) is 29.3. The molecule has 7 nitrogen and oxygen atoms in total. The van der Waals surface area contributed by atoms with Gasteiger partial charge in [-0.3, -0.25) is 14.5 Å². The number of allylic oxidation sites excluding steroid dienone is 1. The number of methoxy groups -OCH3 is 3. The van der Waals surface area contributed by atoms with Gasteiger partial charge < -0.3 is 19.5 Å². The van der Waals surface area contributed by atoms with Crippen LogP contribution in [0.2, 0.25) is 5.02 Å². The van der Waals surface area contributed by atoms with E-state index in [1.807, 2.05) is 48.5 Å². The Morgan fingerprint density at radius 1 is 0.864 bits per heavy atom. The van der Waals surface area contributed by atoms with Crippen molar-refractivity contribution in [3.63, 3.8) is 0 Å². The molecule has 44 heavy (non-hydrogen) atoms. The molecule has 0 saturated heterocycles. The summed E-state index contributed by atoms with van der Waals surface area (Å²) in [5.74, 6) is -0.0544. The molecule has 1 aliphatic heterocycles. The van der Waals surface area contributed by atoms with E-state index in [9.17, 15) is 14.0 Å². The summed E-state index contributed by atoms with van der Waals surface area (Å²) in [6.45, 7) is 0. The Balaban J connectivity index is 1.56. The van der Waals surface area contributed by atoms with Crippen molar-refractivity contribution in [3.8, 4) is 17.2 Å². The molecule has 6 rings (SSSR count). The lowest BCUT2D eigenvalue weighted by atomic mass is 9.78. The van der Waals surface area contributed by atoms with Gasteiger partial charge in [-0.25, -0.2) is 4.39 Å². The minimum Gasteiger partial charge on any atom is -0.493 e. The third kappa shape index (κ3) is 5.26. The first-order chi connectivity index (χ1) is 21.3. The van der Waals surface area contributed by atoms with Crippen LogP contribution >= 0.6 is 11.6 Å². The Labute approximate surface area is 259 Å². The number of rotatable bonds is 6. The summed E-state index contributed by atoms with van der Waals surface area (Å²) in [4.78, 5) is 30.6. The fourth-order valence-corrected chi connectivity index (χ4v) is 6.21. The second-order valence-corrected chi connectivity index (χ2v) is 11.1. The molecular formula is C35H30ClFN2O5. The number of ketones is 1. The Morgan fingerprint density at radius 3 is 2.14 bits per heavy atom. The van der Waals surface area contributed by atoms with Crippen LogP contribution in [-0.2, 0) is 4.79 Å². The summed E-state index contributed by atoms with van der Waals surface area (Å²) in [6, 6.07) is 23.1. The van der Waals surface area contributed by atoms with Gasteiger partial charge in [0, 0.05) is 28.3 Å². The molecule has 1 amide bonds. The van der Waals surface area contributed by atoms with E-state index in [0.29, 0.717) is 56.9 Å². The van der Waals surface area contributed by atoms with E-state index >= 15 is 0 Å². The third-order valence-electron chi connectivity index (χ3n) is 8.15. The van der Waals surface area contributed by atoms with E-state index < -0.39 is 17.8 Å². The molecule has 2 atom stereocenters.